The molecule has 6 aromatic rings. The predicted octanol–water partition coefficient (Wildman–Crippen LogP) is 5.58. The van der Waals surface area contributed by atoms with E-state index in [9.17, 15) is 4.39 Å². The summed E-state index contributed by atoms with van der Waals surface area (Å²) < 4.78 is 14.4. The minimum atomic E-state index is -0.285. The van der Waals surface area contributed by atoms with Crippen LogP contribution in [0.4, 0.5) is 4.39 Å². The fourth-order valence-corrected chi connectivity index (χ4v) is 5.15. The lowest BCUT2D eigenvalue weighted by Crippen LogP contribution is -2.13. The van der Waals surface area contributed by atoms with Crippen LogP contribution in [0.25, 0.3) is 55.7 Å². The van der Waals surface area contributed by atoms with E-state index in [0.717, 1.165) is 80.7 Å². The van der Waals surface area contributed by atoms with Gasteiger partial charge in [0.1, 0.15) is 11.5 Å². The first kappa shape index (κ1) is 25.8. The zero-order valence-electron chi connectivity index (χ0n) is 22.8. The normalized spacial score (nSPS) is 11.7. The van der Waals surface area contributed by atoms with Gasteiger partial charge >= 0.3 is 0 Å². The number of hydrogen-bond acceptors (Lipinski definition) is 6. The number of hydrogen-bond donors (Lipinski definition) is 3. The Kier molecular flexibility index (Phi) is 7.06. The molecule has 0 radical (unpaired) electrons. The molecule has 0 aliphatic rings. The number of halogens is 1. The molecule has 0 bridgehead atoms. The largest absolute Gasteiger partial charge is 0.353 e. The second-order valence-electron chi connectivity index (χ2n) is 10.4. The Morgan fingerprint density at radius 1 is 0.875 bits per heavy atom. The third-order valence-corrected chi connectivity index (χ3v) is 7.02. The van der Waals surface area contributed by atoms with Crippen LogP contribution in [0.5, 0.6) is 0 Å². The quantitative estimate of drug-likeness (QED) is 0.224. The average Bonchev–Trinajstić information content (AvgIpc) is 3.56. The number of nitrogens with one attached hydrogen (secondary N) is 3. The lowest BCUT2D eigenvalue weighted by atomic mass is 10.0. The Labute approximate surface area is 231 Å². The van der Waals surface area contributed by atoms with Crippen molar-refractivity contribution < 1.29 is 4.39 Å². The van der Waals surface area contributed by atoms with Crippen LogP contribution < -0.4 is 5.32 Å². The zero-order chi connectivity index (χ0) is 27.6. The van der Waals surface area contributed by atoms with Gasteiger partial charge in [-0.1, -0.05) is 0 Å². The summed E-state index contributed by atoms with van der Waals surface area (Å²) in [4.78, 5) is 19.5. The maximum absolute atomic E-state index is 14.4. The standard InChI is InChI=1S/C31H31FN8/c1-33-15-20-10-21(12-23(32)11-20)30-24-14-28(37-26(24)6-7-35-30)31-25-13-27(36-18-29(25)38-39-31)22-9-19(16-34-17-22)5-4-8-40(2)3/h6-7,9-14,16-18,33,37H,4-5,8,15H2,1-3H3,(H,38,39). The van der Waals surface area contributed by atoms with Gasteiger partial charge in [-0.2, -0.15) is 5.10 Å². The van der Waals surface area contributed by atoms with Crippen LogP contribution >= 0.6 is 0 Å². The number of benzene rings is 1. The van der Waals surface area contributed by atoms with Gasteiger partial charge < -0.3 is 15.2 Å². The van der Waals surface area contributed by atoms with Crippen LogP contribution in [0.2, 0.25) is 0 Å². The summed E-state index contributed by atoms with van der Waals surface area (Å²) >= 11 is 0. The fourth-order valence-electron chi connectivity index (χ4n) is 5.15. The molecule has 8 nitrogen and oxygen atoms in total. The van der Waals surface area contributed by atoms with Crippen LogP contribution in [0.15, 0.2) is 67.3 Å². The third kappa shape index (κ3) is 5.21. The molecule has 202 valence electrons. The van der Waals surface area contributed by atoms with Gasteiger partial charge in [-0.15, -0.1) is 0 Å². The second-order valence-corrected chi connectivity index (χ2v) is 10.4. The molecule has 0 atom stereocenters. The molecule has 5 aromatic heterocycles. The summed E-state index contributed by atoms with van der Waals surface area (Å²) in [6, 6.07) is 13.2. The van der Waals surface area contributed by atoms with Crippen LogP contribution in [0, 0.1) is 5.82 Å². The molecule has 0 aliphatic carbocycles. The number of pyridine rings is 3. The number of aromatic amines is 2. The SMILES string of the molecule is CNCc1cc(F)cc(-c2nccc3[nH]c(-c4n[nH]c5cnc(-c6cncc(CCCN(C)C)c6)cc45)cc23)c1. The first-order chi connectivity index (χ1) is 19.5. The molecular weight excluding hydrogens is 503 g/mol. The topological polar surface area (TPSA) is 98.4 Å². The fraction of sp³-hybridized carbons (Fsp3) is 0.226. The molecule has 0 unspecified atom stereocenters. The zero-order valence-corrected chi connectivity index (χ0v) is 22.8. The van der Waals surface area contributed by atoms with Gasteiger partial charge in [-0.25, -0.2) is 4.39 Å². The number of aromatic nitrogens is 6. The summed E-state index contributed by atoms with van der Waals surface area (Å²) in [6.07, 6.45) is 9.36. The van der Waals surface area contributed by atoms with Crippen molar-refractivity contribution in [2.75, 3.05) is 27.7 Å². The van der Waals surface area contributed by atoms with Crippen LogP contribution in [-0.2, 0) is 13.0 Å². The first-order valence-electron chi connectivity index (χ1n) is 13.3. The van der Waals surface area contributed by atoms with E-state index >= 15 is 0 Å². The van der Waals surface area contributed by atoms with Gasteiger partial charge in [0, 0.05) is 52.6 Å². The molecule has 0 aliphatic heterocycles. The molecule has 0 spiro atoms. The highest BCUT2D eigenvalue weighted by atomic mass is 19.1. The van der Waals surface area contributed by atoms with Gasteiger partial charge in [0.25, 0.3) is 0 Å². The maximum atomic E-state index is 14.4. The summed E-state index contributed by atoms with van der Waals surface area (Å²) in [5.41, 5.74) is 8.69. The van der Waals surface area contributed by atoms with E-state index in [1.54, 1.807) is 12.3 Å². The van der Waals surface area contributed by atoms with E-state index in [0.29, 0.717) is 6.54 Å². The van der Waals surface area contributed by atoms with Gasteiger partial charge in [0.2, 0.25) is 0 Å². The molecule has 5 heterocycles. The monoisotopic (exact) mass is 534 g/mol. The Balaban J connectivity index is 1.37. The van der Waals surface area contributed by atoms with Crippen LogP contribution in [-0.4, -0.2) is 62.7 Å². The van der Waals surface area contributed by atoms with Crippen molar-refractivity contribution >= 4 is 21.8 Å². The third-order valence-electron chi connectivity index (χ3n) is 7.02. The summed E-state index contributed by atoms with van der Waals surface area (Å²) in [5, 5.41) is 12.7. The van der Waals surface area contributed by atoms with Crippen molar-refractivity contribution in [2.24, 2.45) is 0 Å². The summed E-state index contributed by atoms with van der Waals surface area (Å²) in [6.45, 7) is 1.61. The van der Waals surface area contributed by atoms with Crippen molar-refractivity contribution in [2.45, 2.75) is 19.4 Å². The van der Waals surface area contributed by atoms with Gasteiger partial charge in [0.15, 0.2) is 0 Å². The van der Waals surface area contributed by atoms with E-state index in [1.807, 2.05) is 43.8 Å². The van der Waals surface area contributed by atoms with Crippen LogP contribution in [0.3, 0.4) is 0 Å². The second kappa shape index (κ2) is 11.0. The van der Waals surface area contributed by atoms with E-state index in [2.05, 4.69) is 66.6 Å². The Morgan fingerprint density at radius 2 is 1.73 bits per heavy atom. The van der Waals surface area contributed by atoms with Crippen molar-refractivity contribution in [1.29, 1.82) is 0 Å². The Bertz CT molecular complexity index is 1800. The number of H-pyrrole nitrogens is 2. The van der Waals surface area contributed by atoms with Crippen molar-refractivity contribution in [3.05, 3.63) is 84.2 Å². The Hall–Kier alpha value is -4.47. The summed E-state index contributed by atoms with van der Waals surface area (Å²) in [7, 11) is 6.02. The smallest absolute Gasteiger partial charge is 0.124 e. The molecule has 9 heteroatoms. The minimum Gasteiger partial charge on any atom is -0.353 e. The number of nitrogens with zero attached hydrogens (tertiary/aromatic N) is 5. The van der Waals surface area contributed by atoms with Gasteiger partial charge in [0.05, 0.1) is 28.8 Å². The van der Waals surface area contributed by atoms with E-state index in [4.69, 9.17) is 0 Å². The molecule has 3 N–H and O–H groups in total. The highest BCUT2D eigenvalue weighted by Crippen LogP contribution is 2.34. The highest BCUT2D eigenvalue weighted by molar-refractivity contribution is 6.00. The minimum absolute atomic E-state index is 0.285. The lowest BCUT2D eigenvalue weighted by molar-refractivity contribution is 0.400. The molecule has 6 rings (SSSR count). The predicted molar refractivity (Wildman–Crippen MR) is 157 cm³/mol. The maximum Gasteiger partial charge on any atom is 0.124 e. The lowest BCUT2D eigenvalue weighted by Gasteiger charge is -2.09. The van der Waals surface area contributed by atoms with Crippen molar-refractivity contribution in [1.82, 2.24) is 40.3 Å². The number of aryl methyl sites for hydroxylation is 1. The number of rotatable bonds is 9. The number of fused-ring (bicyclic) bond motifs is 2. The molecule has 1 aromatic carbocycles. The van der Waals surface area contributed by atoms with Gasteiger partial charge in [-0.3, -0.25) is 20.1 Å². The average molecular weight is 535 g/mol. The molecule has 0 saturated carbocycles. The van der Waals surface area contributed by atoms with Gasteiger partial charge in [-0.05, 0) is 94.1 Å². The van der Waals surface area contributed by atoms with Crippen LogP contribution in [0.1, 0.15) is 17.5 Å². The van der Waals surface area contributed by atoms with E-state index in [-0.39, 0.29) is 5.82 Å². The molecule has 0 saturated heterocycles. The summed E-state index contributed by atoms with van der Waals surface area (Å²) in [5.74, 6) is -0.285. The molecular formula is C31H31FN8. The first-order valence-corrected chi connectivity index (χ1v) is 13.3. The van der Waals surface area contributed by atoms with E-state index in [1.165, 1.54) is 11.6 Å². The van der Waals surface area contributed by atoms with Crippen molar-refractivity contribution in [3.63, 3.8) is 0 Å². The van der Waals surface area contributed by atoms with Crippen molar-refractivity contribution in [3.8, 4) is 33.9 Å². The molecule has 0 fully saturated rings. The molecule has 40 heavy (non-hydrogen) atoms. The Morgan fingerprint density at radius 3 is 2.58 bits per heavy atom. The molecule has 0 amide bonds. The highest BCUT2D eigenvalue weighted by Gasteiger charge is 2.16. The van der Waals surface area contributed by atoms with E-state index < -0.39 is 0 Å².